The summed E-state index contributed by atoms with van der Waals surface area (Å²) in [5.74, 6) is 0.956. The van der Waals surface area contributed by atoms with Crippen LogP contribution in [0.1, 0.15) is 38.3 Å². The summed E-state index contributed by atoms with van der Waals surface area (Å²) in [6.45, 7) is 8.75. The van der Waals surface area contributed by atoms with Crippen LogP contribution < -0.4 is 5.32 Å². The number of hydrogen-bond donors (Lipinski definition) is 1. The Morgan fingerprint density at radius 3 is 2.89 bits per heavy atom. The fourth-order valence-electron chi connectivity index (χ4n) is 1.82. The van der Waals surface area contributed by atoms with E-state index in [1.807, 2.05) is 21.8 Å². The Kier molecular flexibility index (Phi) is 4.09. The summed E-state index contributed by atoms with van der Waals surface area (Å²) in [5.41, 5.74) is 1.05. The second-order valence-corrected chi connectivity index (χ2v) is 4.53. The minimum absolute atomic E-state index is 0.326. The molecule has 0 atom stereocenters. The number of rotatable bonds is 6. The summed E-state index contributed by atoms with van der Waals surface area (Å²) in [7, 11) is 0. The van der Waals surface area contributed by atoms with Crippen LogP contribution in [0.25, 0.3) is 0 Å². The van der Waals surface area contributed by atoms with E-state index in [-0.39, 0.29) is 0 Å². The van der Waals surface area contributed by atoms with Gasteiger partial charge in [-0.05, 0) is 20.4 Å². The van der Waals surface area contributed by atoms with Crippen molar-refractivity contribution in [2.45, 2.75) is 39.9 Å². The highest BCUT2D eigenvalue weighted by Crippen LogP contribution is 2.07. The minimum Gasteiger partial charge on any atom is -0.330 e. The molecule has 1 N–H and O–H groups in total. The summed E-state index contributed by atoms with van der Waals surface area (Å²) in [6.07, 6.45) is 5.49. The highest BCUT2D eigenvalue weighted by atomic mass is 15.4. The van der Waals surface area contributed by atoms with Crippen molar-refractivity contribution in [3.05, 3.63) is 30.4 Å². The van der Waals surface area contributed by atoms with Crippen LogP contribution in [0.4, 0.5) is 0 Å². The number of hydrogen-bond acceptors (Lipinski definition) is 4. The van der Waals surface area contributed by atoms with Gasteiger partial charge in [0, 0.05) is 18.8 Å². The smallest absolute Gasteiger partial charge is 0.147 e. The van der Waals surface area contributed by atoms with Gasteiger partial charge in [-0.15, -0.1) is 0 Å². The second kappa shape index (κ2) is 5.77. The van der Waals surface area contributed by atoms with Crippen molar-refractivity contribution in [1.82, 2.24) is 29.6 Å². The van der Waals surface area contributed by atoms with E-state index in [9.17, 15) is 0 Å². The zero-order valence-electron chi connectivity index (χ0n) is 11.2. The summed E-state index contributed by atoms with van der Waals surface area (Å²) in [5, 5.41) is 7.49. The molecule has 0 amide bonds. The van der Waals surface area contributed by atoms with Crippen molar-refractivity contribution in [3.8, 4) is 0 Å². The Bertz CT molecular complexity index is 484. The van der Waals surface area contributed by atoms with Crippen LogP contribution in [0.5, 0.6) is 0 Å². The van der Waals surface area contributed by atoms with Gasteiger partial charge in [-0.25, -0.2) is 14.6 Å². The predicted molar refractivity (Wildman–Crippen MR) is 69.1 cm³/mol. The van der Waals surface area contributed by atoms with Crippen molar-refractivity contribution in [2.24, 2.45) is 0 Å². The van der Waals surface area contributed by atoms with Gasteiger partial charge in [0.25, 0.3) is 0 Å². The Labute approximate surface area is 107 Å². The maximum atomic E-state index is 4.35. The summed E-state index contributed by atoms with van der Waals surface area (Å²) >= 11 is 0. The van der Waals surface area contributed by atoms with Crippen molar-refractivity contribution in [1.29, 1.82) is 0 Å². The van der Waals surface area contributed by atoms with E-state index in [0.29, 0.717) is 12.6 Å². The number of imidazole rings is 1. The van der Waals surface area contributed by atoms with E-state index in [0.717, 1.165) is 24.6 Å². The normalized spacial score (nSPS) is 11.3. The molecule has 2 aromatic rings. The van der Waals surface area contributed by atoms with Crippen molar-refractivity contribution in [3.63, 3.8) is 0 Å². The fraction of sp³-hybridized carbons (Fsp3) is 0.583. The molecule has 0 aliphatic rings. The first kappa shape index (κ1) is 12.8. The predicted octanol–water partition coefficient (Wildman–Crippen LogP) is 1.21. The fourth-order valence-corrected chi connectivity index (χ4v) is 1.82. The third-order valence-corrected chi connectivity index (χ3v) is 2.70. The van der Waals surface area contributed by atoms with Gasteiger partial charge in [-0.3, -0.25) is 0 Å². The molecule has 98 valence electrons. The van der Waals surface area contributed by atoms with Gasteiger partial charge >= 0.3 is 0 Å². The van der Waals surface area contributed by atoms with Crippen LogP contribution >= 0.6 is 0 Å². The number of nitrogens with zero attached hydrogens (tertiary/aromatic N) is 5. The lowest BCUT2D eigenvalue weighted by atomic mass is 10.4. The van der Waals surface area contributed by atoms with Gasteiger partial charge in [-0.1, -0.05) is 6.92 Å². The molecule has 2 heterocycles. The molecule has 0 saturated heterocycles. The molecule has 0 radical (unpaired) electrons. The Morgan fingerprint density at radius 2 is 2.17 bits per heavy atom. The van der Waals surface area contributed by atoms with Crippen LogP contribution in [0.2, 0.25) is 0 Å². The largest absolute Gasteiger partial charge is 0.330 e. The lowest BCUT2D eigenvalue weighted by molar-refractivity contribution is 0.496. The average Bonchev–Trinajstić information content (AvgIpc) is 2.96. The highest BCUT2D eigenvalue weighted by molar-refractivity contribution is 4.99. The van der Waals surface area contributed by atoms with Crippen molar-refractivity contribution in [2.75, 3.05) is 6.54 Å². The lowest BCUT2D eigenvalue weighted by Gasteiger charge is -2.09. The SMILES string of the molecule is CCNCc1cn(Cc2ncnn2C(C)C)cn1. The van der Waals surface area contributed by atoms with E-state index >= 15 is 0 Å². The molecular weight excluding hydrogens is 228 g/mol. The van der Waals surface area contributed by atoms with Gasteiger partial charge in [0.05, 0.1) is 18.6 Å². The first-order valence-electron chi connectivity index (χ1n) is 6.30. The molecule has 0 saturated carbocycles. The van der Waals surface area contributed by atoms with Gasteiger partial charge in [0.2, 0.25) is 0 Å². The monoisotopic (exact) mass is 248 g/mol. The van der Waals surface area contributed by atoms with Crippen molar-refractivity contribution < 1.29 is 0 Å². The lowest BCUT2D eigenvalue weighted by Crippen LogP contribution is -2.12. The van der Waals surface area contributed by atoms with Crippen LogP contribution in [0.3, 0.4) is 0 Å². The van der Waals surface area contributed by atoms with Gasteiger partial charge in [0.15, 0.2) is 0 Å². The van der Waals surface area contributed by atoms with E-state index < -0.39 is 0 Å². The standard InChI is InChI=1S/C12H20N6/c1-4-13-5-11-6-17(9-15-11)7-12-14-8-16-18(12)10(2)3/h6,8-10,13H,4-5,7H2,1-3H3. The number of aromatic nitrogens is 5. The molecule has 0 aliphatic carbocycles. The molecule has 0 spiro atoms. The molecule has 6 heteroatoms. The van der Waals surface area contributed by atoms with E-state index in [2.05, 4.69) is 41.2 Å². The Morgan fingerprint density at radius 1 is 1.33 bits per heavy atom. The first-order valence-corrected chi connectivity index (χ1v) is 6.30. The zero-order valence-corrected chi connectivity index (χ0v) is 11.2. The third kappa shape index (κ3) is 2.95. The molecule has 18 heavy (non-hydrogen) atoms. The summed E-state index contributed by atoms with van der Waals surface area (Å²) in [6, 6.07) is 0.326. The van der Waals surface area contributed by atoms with E-state index in [1.54, 1.807) is 6.33 Å². The van der Waals surface area contributed by atoms with Gasteiger partial charge in [-0.2, -0.15) is 5.10 Å². The first-order chi connectivity index (χ1) is 8.70. The molecule has 0 fully saturated rings. The topological polar surface area (TPSA) is 60.6 Å². The Hall–Kier alpha value is -1.69. The quantitative estimate of drug-likeness (QED) is 0.835. The molecule has 2 aromatic heterocycles. The average molecular weight is 248 g/mol. The summed E-state index contributed by atoms with van der Waals surface area (Å²) in [4.78, 5) is 8.64. The molecule has 0 aliphatic heterocycles. The van der Waals surface area contributed by atoms with Crippen LogP contribution in [0, 0.1) is 0 Å². The van der Waals surface area contributed by atoms with Crippen LogP contribution in [-0.2, 0) is 13.1 Å². The minimum atomic E-state index is 0.326. The molecular formula is C12H20N6. The van der Waals surface area contributed by atoms with Gasteiger partial charge < -0.3 is 9.88 Å². The molecule has 0 bridgehead atoms. The van der Waals surface area contributed by atoms with Gasteiger partial charge in [0.1, 0.15) is 12.2 Å². The molecule has 2 rings (SSSR count). The van der Waals surface area contributed by atoms with Crippen LogP contribution in [-0.4, -0.2) is 30.9 Å². The maximum absolute atomic E-state index is 4.35. The molecule has 0 aromatic carbocycles. The van der Waals surface area contributed by atoms with Crippen molar-refractivity contribution >= 4 is 0 Å². The molecule has 0 unspecified atom stereocenters. The molecule has 6 nitrogen and oxygen atoms in total. The maximum Gasteiger partial charge on any atom is 0.147 e. The number of nitrogens with one attached hydrogen (secondary N) is 1. The van der Waals surface area contributed by atoms with E-state index in [4.69, 9.17) is 0 Å². The third-order valence-electron chi connectivity index (χ3n) is 2.70. The van der Waals surface area contributed by atoms with Crippen LogP contribution in [0.15, 0.2) is 18.9 Å². The Balaban J connectivity index is 2.04. The zero-order chi connectivity index (χ0) is 13.0. The highest BCUT2D eigenvalue weighted by Gasteiger charge is 2.08. The van der Waals surface area contributed by atoms with E-state index in [1.165, 1.54) is 0 Å². The summed E-state index contributed by atoms with van der Waals surface area (Å²) < 4.78 is 3.97. The second-order valence-electron chi connectivity index (χ2n) is 4.53.